The van der Waals surface area contributed by atoms with Gasteiger partial charge in [-0.3, -0.25) is 0 Å². The smallest absolute Gasteiger partial charge is 0.136 e. The lowest BCUT2D eigenvalue weighted by Crippen LogP contribution is -2.35. The zero-order chi connectivity index (χ0) is 14.8. The molecule has 1 atom stereocenters. The molecule has 0 amide bonds. The Kier molecular flexibility index (Phi) is 4.00. The average Bonchev–Trinajstić information content (AvgIpc) is 2.47. The summed E-state index contributed by atoms with van der Waals surface area (Å²) < 4.78 is 0. The van der Waals surface area contributed by atoms with Crippen LogP contribution in [0.15, 0.2) is 30.5 Å². The minimum atomic E-state index is 0.413. The molecule has 0 saturated carbocycles. The van der Waals surface area contributed by atoms with Crippen molar-refractivity contribution in [2.45, 2.75) is 39.7 Å². The molecule has 1 N–H and O–H groups in total. The molecule has 112 valence electrons. The van der Waals surface area contributed by atoms with Crippen molar-refractivity contribution in [3.05, 3.63) is 30.5 Å². The summed E-state index contributed by atoms with van der Waals surface area (Å²) in [6, 6.07) is 9.02. The molecule has 2 aromatic rings. The molecule has 3 nitrogen and oxygen atoms in total. The summed E-state index contributed by atoms with van der Waals surface area (Å²) in [5, 5.41) is 6.04. The molecule has 1 fully saturated rings. The monoisotopic (exact) mass is 283 g/mol. The lowest BCUT2D eigenvalue weighted by Gasteiger charge is -2.32. The van der Waals surface area contributed by atoms with Gasteiger partial charge in [0, 0.05) is 29.9 Å². The van der Waals surface area contributed by atoms with Crippen molar-refractivity contribution in [3.63, 3.8) is 0 Å². The number of nitrogens with one attached hydrogen (secondary N) is 1. The third kappa shape index (κ3) is 2.97. The van der Waals surface area contributed by atoms with E-state index >= 15 is 0 Å². The van der Waals surface area contributed by atoms with Crippen molar-refractivity contribution in [3.8, 4) is 0 Å². The average molecular weight is 283 g/mol. The second-order valence-electron chi connectivity index (χ2n) is 6.53. The molecule has 1 aromatic carbocycles. The van der Waals surface area contributed by atoms with Crippen LogP contribution in [0.5, 0.6) is 0 Å². The molecule has 2 heterocycles. The number of nitrogens with zero attached hydrogens (tertiary/aromatic N) is 2. The van der Waals surface area contributed by atoms with Gasteiger partial charge in [0.25, 0.3) is 0 Å². The quantitative estimate of drug-likeness (QED) is 0.910. The summed E-state index contributed by atoms with van der Waals surface area (Å²) in [4.78, 5) is 7.24. The Morgan fingerprint density at radius 3 is 2.71 bits per heavy atom. The van der Waals surface area contributed by atoms with Gasteiger partial charge < -0.3 is 10.2 Å². The largest absolute Gasteiger partial charge is 0.381 e. The minimum Gasteiger partial charge on any atom is -0.381 e. The highest BCUT2D eigenvalue weighted by atomic mass is 15.2. The SMILES string of the molecule is CC1CCCN(c2ncc(NC(C)C)c3ccccc23)C1. The van der Waals surface area contributed by atoms with E-state index in [-0.39, 0.29) is 0 Å². The fourth-order valence-electron chi connectivity index (χ4n) is 3.24. The molecule has 0 aliphatic carbocycles. The third-order valence-electron chi connectivity index (χ3n) is 4.17. The zero-order valence-corrected chi connectivity index (χ0v) is 13.3. The minimum absolute atomic E-state index is 0.413. The summed E-state index contributed by atoms with van der Waals surface area (Å²) >= 11 is 0. The number of rotatable bonds is 3. The first-order chi connectivity index (χ1) is 10.1. The van der Waals surface area contributed by atoms with Gasteiger partial charge >= 0.3 is 0 Å². The molecule has 1 aromatic heterocycles. The van der Waals surface area contributed by atoms with Gasteiger partial charge in [-0.25, -0.2) is 4.98 Å². The molecule has 1 aliphatic rings. The van der Waals surface area contributed by atoms with E-state index in [1.165, 1.54) is 23.6 Å². The predicted octanol–water partition coefficient (Wildman–Crippen LogP) is 4.29. The normalized spacial score (nSPS) is 19.2. The molecule has 3 heteroatoms. The van der Waals surface area contributed by atoms with Crippen LogP contribution in [-0.4, -0.2) is 24.1 Å². The van der Waals surface area contributed by atoms with Crippen molar-refractivity contribution >= 4 is 22.3 Å². The number of benzene rings is 1. The van der Waals surface area contributed by atoms with E-state index in [2.05, 4.69) is 55.3 Å². The number of pyridine rings is 1. The second-order valence-corrected chi connectivity index (χ2v) is 6.53. The topological polar surface area (TPSA) is 28.2 Å². The first kappa shape index (κ1) is 14.2. The first-order valence-electron chi connectivity index (χ1n) is 8.04. The Balaban J connectivity index is 2.04. The fourth-order valence-corrected chi connectivity index (χ4v) is 3.24. The molecule has 1 unspecified atom stereocenters. The summed E-state index contributed by atoms with van der Waals surface area (Å²) in [5.74, 6) is 1.90. The highest BCUT2D eigenvalue weighted by Crippen LogP contribution is 2.32. The third-order valence-corrected chi connectivity index (χ3v) is 4.17. The number of aromatic nitrogens is 1. The number of piperidine rings is 1. The van der Waals surface area contributed by atoms with E-state index in [9.17, 15) is 0 Å². The predicted molar refractivity (Wildman–Crippen MR) is 91.1 cm³/mol. The Bertz CT molecular complexity index is 621. The molecule has 3 rings (SSSR count). The molecular formula is C18H25N3. The van der Waals surface area contributed by atoms with E-state index in [1.54, 1.807) is 0 Å². The molecule has 1 aliphatic heterocycles. The zero-order valence-electron chi connectivity index (χ0n) is 13.3. The fraction of sp³-hybridized carbons (Fsp3) is 0.500. The first-order valence-corrected chi connectivity index (χ1v) is 8.04. The van der Waals surface area contributed by atoms with Crippen LogP contribution < -0.4 is 10.2 Å². The molecule has 0 spiro atoms. The molecular weight excluding hydrogens is 258 g/mol. The van der Waals surface area contributed by atoms with Crippen LogP contribution in [0, 0.1) is 5.92 Å². The number of hydrogen-bond donors (Lipinski definition) is 1. The Morgan fingerprint density at radius 1 is 1.24 bits per heavy atom. The highest BCUT2D eigenvalue weighted by molar-refractivity contribution is 6.00. The number of hydrogen-bond acceptors (Lipinski definition) is 3. The van der Waals surface area contributed by atoms with Crippen LogP contribution in [0.4, 0.5) is 11.5 Å². The Hall–Kier alpha value is -1.77. The maximum atomic E-state index is 4.78. The highest BCUT2D eigenvalue weighted by Gasteiger charge is 2.20. The van der Waals surface area contributed by atoms with Gasteiger partial charge in [-0.15, -0.1) is 0 Å². The number of fused-ring (bicyclic) bond motifs is 1. The Morgan fingerprint density at radius 2 is 2.00 bits per heavy atom. The molecule has 0 bridgehead atoms. The number of anilines is 2. The van der Waals surface area contributed by atoms with Crippen molar-refractivity contribution in [1.82, 2.24) is 4.98 Å². The summed E-state index contributed by atoms with van der Waals surface area (Å²) in [6.07, 6.45) is 4.60. The second kappa shape index (κ2) is 5.92. The van der Waals surface area contributed by atoms with Crippen LogP contribution in [0.25, 0.3) is 10.8 Å². The standard InChI is InChI=1S/C18H25N3/c1-13(2)20-17-11-19-18(16-9-5-4-8-15(16)17)21-10-6-7-14(3)12-21/h4-5,8-9,11,13-14,20H,6-7,10,12H2,1-3H3. The van der Waals surface area contributed by atoms with Crippen molar-refractivity contribution < 1.29 is 0 Å². The van der Waals surface area contributed by atoms with E-state index in [1.807, 2.05) is 6.20 Å². The maximum absolute atomic E-state index is 4.78. The van der Waals surface area contributed by atoms with Crippen LogP contribution in [-0.2, 0) is 0 Å². The van der Waals surface area contributed by atoms with E-state index < -0.39 is 0 Å². The maximum Gasteiger partial charge on any atom is 0.136 e. The molecule has 21 heavy (non-hydrogen) atoms. The van der Waals surface area contributed by atoms with Crippen molar-refractivity contribution in [2.75, 3.05) is 23.3 Å². The van der Waals surface area contributed by atoms with Gasteiger partial charge in [-0.1, -0.05) is 31.2 Å². The summed E-state index contributed by atoms with van der Waals surface area (Å²) in [5.41, 5.74) is 1.13. The van der Waals surface area contributed by atoms with Crippen LogP contribution in [0.2, 0.25) is 0 Å². The van der Waals surface area contributed by atoms with Gasteiger partial charge in [-0.2, -0.15) is 0 Å². The van der Waals surface area contributed by atoms with Crippen molar-refractivity contribution in [2.24, 2.45) is 5.92 Å². The van der Waals surface area contributed by atoms with E-state index in [4.69, 9.17) is 4.98 Å². The van der Waals surface area contributed by atoms with Gasteiger partial charge in [0.1, 0.15) is 5.82 Å². The van der Waals surface area contributed by atoms with E-state index in [0.29, 0.717) is 6.04 Å². The summed E-state index contributed by atoms with van der Waals surface area (Å²) in [6.45, 7) is 8.90. The van der Waals surface area contributed by atoms with Crippen LogP contribution in [0.3, 0.4) is 0 Å². The van der Waals surface area contributed by atoms with Gasteiger partial charge in [0.15, 0.2) is 0 Å². The van der Waals surface area contributed by atoms with E-state index in [0.717, 1.165) is 30.5 Å². The lowest BCUT2D eigenvalue weighted by molar-refractivity contribution is 0.445. The lowest BCUT2D eigenvalue weighted by atomic mass is 9.99. The molecule has 1 saturated heterocycles. The van der Waals surface area contributed by atoms with Gasteiger partial charge in [0.05, 0.1) is 11.9 Å². The van der Waals surface area contributed by atoms with Crippen LogP contribution >= 0.6 is 0 Å². The molecule has 0 radical (unpaired) electrons. The van der Waals surface area contributed by atoms with Gasteiger partial charge in [-0.05, 0) is 32.6 Å². The Labute approximate surface area is 127 Å². The van der Waals surface area contributed by atoms with Gasteiger partial charge in [0.2, 0.25) is 0 Å². The van der Waals surface area contributed by atoms with Crippen molar-refractivity contribution in [1.29, 1.82) is 0 Å². The van der Waals surface area contributed by atoms with Crippen LogP contribution in [0.1, 0.15) is 33.6 Å². The summed E-state index contributed by atoms with van der Waals surface area (Å²) in [7, 11) is 0.